The maximum absolute atomic E-state index is 12.6. The van der Waals surface area contributed by atoms with Crippen LogP contribution >= 0.6 is 23.8 Å². The molecule has 0 aliphatic heterocycles. The summed E-state index contributed by atoms with van der Waals surface area (Å²) in [5, 5.41) is 3.98. The zero-order valence-electron chi connectivity index (χ0n) is 11.9. The van der Waals surface area contributed by atoms with E-state index < -0.39 is 11.7 Å². The number of pyridine rings is 1. The molecule has 0 atom stereocenters. The molecule has 2 heterocycles. The van der Waals surface area contributed by atoms with Gasteiger partial charge >= 0.3 is 6.18 Å². The fraction of sp³-hybridized carbons (Fsp3) is 0.231. The summed E-state index contributed by atoms with van der Waals surface area (Å²) >= 11 is 10.8. The molecule has 0 aliphatic carbocycles. The number of aliphatic imine (C=N–C) groups is 1. The molecule has 0 saturated carbocycles. The molecule has 2 rings (SSSR count). The Morgan fingerprint density at radius 3 is 2.70 bits per heavy atom. The highest BCUT2D eigenvalue weighted by Gasteiger charge is 2.31. The molecule has 23 heavy (non-hydrogen) atoms. The van der Waals surface area contributed by atoms with Crippen LogP contribution in [0.15, 0.2) is 23.3 Å². The van der Waals surface area contributed by atoms with E-state index >= 15 is 0 Å². The highest BCUT2D eigenvalue weighted by Crippen LogP contribution is 2.34. The van der Waals surface area contributed by atoms with Crippen molar-refractivity contribution in [2.24, 2.45) is 4.99 Å². The minimum Gasteiger partial charge on any atom is -0.417 e. The van der Waals surface area contributed by atoms with Gasteiger partial charge in [-0.25, -0.2) is 14.7 Å². The zero-order valence-corrected chi connectivity index (χ0v) is 13.5. The van der Waals surface area contributed by atoms with Gasteiger partial charge in [-0.15, -0.1) is 5.10 Å². The van der Waals surface area contributed by atoms with Crippen molar-refractivity contribution in [2.75, 3.05) is 0 Å². The number of aryl methyl sites for hydroxylation is 1. The second-order valence-corrected chi connectivity index (χ2v) is 5.09. The van der Waals surface area contributed by atoms with Crippen LogP contribution in [0, 0.1) is 6.92 Å². The average molecular weight is 363 g/mol. The van der Waals surface area contributed by atoms with Gasteiger partial charge in [0.15, 0.2) is 0 Å². The van der Waals surface area contributed by atoms with Crippen molar-refractivity contribution in [3.8, 4) is 11.8 Å². The van der Waals surface area contributed by atoms with E-state index in [1.165, 1.54) is 17.0 Å². The van der Waals surface area contributed by atoms with Gasteiger partial charge in [0, 0.05) is 24.2 Å². The number of thiocarbonyl (C=S) groups is 1. The summed E-state index contributed by atoms with van der Waals surface area (Å²) in [4.78, 5) is 7.49. The van der Waals surface area contributed by atoms with Crippen molar-refractivity contribution in [3.05, 3.63) is 34.6 Å². The van der Waals surface area contributed by atoms with Gasteiger partial charge in [0.25, 0.3) is 0 Å². The molecule has 2 aromatic rings. The number of nitrogens with zero attached hydrogens (tertiary/aromatic N) is 4. The van der Waals surface area contributed by atoms with E-state index in [0.717, 1.165) is 6.07 Å². The monoisotopic (exact) mass is 362 g/mol. The first-order valence-corrected chi connectivity index (χ1v) is 7.01. The number of aromatic nitrogens is 3. The van der Waals surface area contributed by atoms with Gasteiger partial charge in [-0.05, 0) is 32.1 Å². The molecular weight excluding hydrogens is 353 g/mol. The van der Waals surface area contributed by atoms with Crippen LogP contribution in [0.3, 0.4) is 0 Å². The summed E-state index contributed by atoms with van der Waals surface area (Å²) in [6, 6.07) is 2.27. The molecule has 2 aromatic heterocycles. The third kappa shape index (κ3) is 4.05. The quantitative estimate of drug-likeness (QED) is 0.591. The lowest BCUT2D eigenvalue weighted by molar-refractivity contribution is -0.137. The Hall–Kier alpha value is -2.00. The molecule has 10 heteroatoms. The van der Waals surface area contributed by atoms with Crippen molar-refractivity contribution in [1.82, 2.24) is 14.8 Å². The molecule has 0 aliphatic rings. The lowest BCUT2D eigenvalue weighted by Crippen LogP contribution is -2.10. The standard InChI is InChI=1S/C13H10ClF3N4OS/c1-3-18-12(23)21-7(2)4-10(20-21)22-11-9(14)5-8(6-19-11)13(15,16)17/h3-6H,1-2H3. The fourth-order valence-corrected chi connectivity index (χ4v) is 2.10. The van der Waals surface area contributed by atoms with E-state index in [-0.39, 0.29) is 21.9 Å². The number of rotatable bonds is 2. The molecule has 122 valence electrons. The van der Waals surface area contributed by atoms with Gasteiger partial charge in [0.1, 0.15) is 5.02 Å². The molecule has 0 amide bonds. The first-order chi connectivity index (χ1) is 10.7. The number of hydrogen-bond acceptors (Lipinski definition) is 4. The Morgan fingerprint density at radius 1 is 1.43 bits per heavy atom. The molecule has 0 fully saturated rings. The minimum atomic E-state index is -4.53. The van der Waals surface area contributed by atoms with Crippen molar-refractivity contribution >= 4 is 35.1 Å². The van der Waals surface area contributed by atoms with Crippen molar-refractivity contribution in [3.63, 3.8) is 0 Å². The summed E-state index contributed by atoms with van der Waals surface area (Å²) in [7, 11) is 0. The van der Waals surface area contributed by atoms with Crippen LogP contribution in [-0.4, -0.2) is 26.1 Å². The Balaban J connectivity index is 2.27. The molecular formula is C13H10ClF3N4OS. The van der Waals surface area contributed by atoms with E-state index in [1.807, 2.05) is 0 Å². The smallest absolute Gasteiger partial charge is 0.417 e. The third-order valence-electron chi connectivity index (χ3n) is 2.62. The van der Waals surface area contributed by atoms with E-state index in [1.54, 1.807) is 13.8 Å². The van der Waals surface area contributed by atoms with Gasteiger partial charge in [-0.3, -0.25) is 0 Å². The minimum absolute atomic E-state index is 0.0883. The van der Waals surface area contributed by atoms with Crippen molar-refractivity contribution in [2.45, 2.75) is 20.0 Å². The lowest BCUT2D eigenvalue weighted by Gasteiger charge is -2.08. The second kappa shape index (κ2) is 6.63. The molecule has 0 radical (unpaired) electrons. The van der Waals surface area contributed by atoms with Crippen LogP contribution in [-0.2, 0) is 6.18 Å². The lowest BCUT2D eigenvalue weighted by atomic mass is 10.3. The van der Waals surface area contributed by atoms with Gasteiger partial charge in [0.05, 0.1) is 5.56 Å². The molecule has 0 aromatic carbocycles. The summed E-state index contributed by atoms with van der Waals surface area (Å²) in [6.07, 6.45) is -2.38. The van der Waals surface area contributed by atoms with Crippen LogP contribution in [0.1, 0.15) is 18.2 Å². The van der Waals surface area contributed by atoms with Crippen LogP contribution in [0.5, 0.6) is 11.8 Å². The topological polar surface area (TPSA) is 52.3 Å². The average Bonchev–Trinajstić information content (AvgIpc) is 2.81. The molecule has 0 spiro atoms. The predicted molar refractivity (Wildman–Crippen MR) is 83.4 cm³/mol. The van der Waals surface area contributed by atoms with E-state index in [4.69, 9.17) is 28.6 Å². The fourth-order valence-electron chi connectivity index (χ4n) is 1.61. The Morgan fingerprint density at radius 2 is 2.13 bits per heavy atom. The normalized spacial score (nSPS) is 11.9. The van der Waals surface area contributed by atoms with Crippen LogP contribution in [0.25, 0.3) is 0 Å². The first kappa shape index (κ1) is 17.4. The second-order valence-electron chi connectivity index (χ2n) is 4.32. The van der Waals surface area contributed by atoms with Gasteiger partial charge < -0.3 is 4.74 Å². The largest absolute Gasteiger partial charge is 0.417 e. The van der Waals surface area contributed by atoms with E-state index in [2.05, 4.69) is 15.1 Å². The summed E-state index contributed by atoms with van der Waals surface area (Å²) in [5.74, 6) is -0.0976. The van der Waals surface area contributed by atoms with Crippen molar-refractivity contribution < 1.29 is 17.9 Å². The number of ether oxygens (including phenoxy) is 1. The highest BCUT2D eigenvalue weighted by molar-refractivity contribution is 7.80. The first-order valence-electron chi connectivity index (χ1n) is 6.22. The summed E-state index contributed by atoms with van der Waals surface area (Å²) in [5.41, 5.74) is -0.325. The third-order valence-corrected chi connectivity index (χ3v) is 3.17. The van der Waals surface area contributed by atoms with E-state index in [9.17, 15) is 13.2 Å². The Bertz CT molecular complexity index is 773. The SMILES string of the molecule is CC=NC(=S)n1nc(Oc2ncc(C(F)(F)F)cc2Cl)cc1C. The molecule has 0 unspecified atom stereocenters. The Kier molecular flexibility index (Phi) is 5.00. The van der Waals surface area contributed by atoms with Crippen LogP contribution < -0.4 is 4.74 Å². The van der Waals surface area contributed by atoms with Crippen LogP contribution in [0.4, 0.5) is 13.2 Å². The highest BCUT2D eigenvalue weighted by atomic mass is 35.5. The number of alkyl halides is 3. The number of halogens is 4. The predicted octanol–water partition coefficient (Wildman–Crippen LogP) is 4.27. The van der Waals surface area contributed by atoms with Crippen molar-refractivity contribution in [1.29, 1.82) is 0 Å². The summed E-state index contributed by atoms with van der Waals surface area (Å²) < 4.78 is 44.3. The molecule has 0 saturated heterocycles. The van der Waals surface area contributed by atoms with Crippen LogP contribution in [0.2, 0.25) is 5.02 Å². The Labute approximate surface area is 139 Å². The maximum atomic E-state index is 12.6. The number of hydrogen-bond donors (Lipinski definition) is 0. The zero-order chi connectivity index (χ0) is 17.2. The molecule has 5 nitrogen and oxygen atoms in total. The molecule has 0 bridgehead atoms. The van der Waals surface area contributed by atoms with Gasteiger partial charge in [-0.2, -0.15) is 13.2 Å². The maximum Gasteiger partial charge on any atom is 0.417 e. The van der Waals surface area contributed by atoms with Gasteiger partial charge in [0.2, 0.25) is 16.9 Å². The van der Waals surface area contributed by atoms with Gasteiger partial charge in [-0.1, -0.05) is 11.6 Å². The molecule has 0 N–H and O–H groups in total. The van der Waals surface area contributed by atoms with E-state index in [0.29, 0.717) is 11.9 Å². The summed E-state index contributed by atoms with van der Waals surface area (Å²) in [6.45, 7) is 3.42.